The number of nitrogens with zero attached hydrogens (tertiary/aromatic N) is 3. The van der Waals surface area contributed by atoms with Crippen molar-refractivity contribution in [2.24, 2.45) is 0 Å². The van der Waals surface area contributed by atoms with Gasteiger partial charge in [-0.1, -0.05) is 29.4 Å². The highest BCUT2D eigenvalue weighted by Crippen LogP contribution is 2.39. The lowest BCUT2D eigenvalue weighted by Crippen LogP contribution is -2.18. The smallest absolute Gasteiger partial charge is 0.234 e. The second-order valence-electron chi connectivity index (χ2n) is 6.90. The molecule has 4 rings (SSSR count). The summed E-state index contributed by atoms with van der Waals surface area (Å²) in [4.78, 5) is 12.3. The Hall–Kier alpha value is -3.11. The van der Waals surface area contributed by atoms with Crippen molar-refractivity contribution in [1.29, 1.82) is 0 Å². The van der Waals surface area contributed by atoms with Crippen molar-refractivity contribution >= 4 is 35.0 Å². The van der Waals surface area contributed by atoms with E-state index >= 15 is 0 Å². The highest BCUT2D eigenvalue weighted by Gasteiger charge is 2.18. The first-order valence-corrected chi connectivity index (χ1v) is 10.7. The fourth-order valence-corrected chi connectivity index (χ4v) is 3.87. The first-order chi connectivity index (χ1) is 14.9. The highest BCUT2D eigenvalue weighted by molar-refractivity contribution is 7.99. The van der Waals surface area contributed by atoms with Crippen molar-refractivity contribution in [3.05, 3.63) is 52.3 Å². The molecule has 0 aliphatic carbocycles. The molecule has 1 aliphatic heterocycles. The minimum absolute atomic E-state index is 0.0675. The number of aryl methyl sites for hydroxylation is 2. The van der Waals surface area contributed by atoms with Gasteiger partial charge < -0.3 is 25.4 Å². The van der Waals surface area contributed by atoms with Crippen LogP contribution in [0.3, 0.4) is 0 Å². The SMILES string of the molecule is Cc1cc(C)cc(OCc2nnc(SCC(=O)Nc3cc4c(cc3Cl)OCO4)n2N)c1. The number of hydrogen-bond donors (Lipinski definition) is 2. The zero-order chi connectivity index (χ0) is 22.0. The maximum Gasteiger partial charge on any atom is 0.234 e. The maximum absolute atomic E-state index is 12.3. The van der Waals surface area contributed by atoms with Crippen LogP contribution < -0.4 is 25.4 Å². The van der Waals surface area contributed by atoms with Gasteiger partial charge in [-0.25, -0.2) is 4.68 Å². The second kappa shape index (κ2) is 8.94. The number of hydrogen-bond acceptors (Lipinski definition) is 8. The van der Waals surface area contributed by atoms with E-state index in [-0.39, 0.29) is 25.1 Å². The summed E-state index contributed by atoms with van der Waals surface area (Å²) in [6.07, 6.45) is 0. The van der Waals surface area contributed by atoms with Crippen molar-refractivity contribution in [3.63, 3.8) is 0 Å². The van der Waals surface area contributed by atoms with Crippen LogP contribution in [0.25, 0.3) is 0 Å². The molecule has 3 N–H and O–H groups in total. The van der Waals surface area contributed by atoms with E-state index < -0.39 is 0 Å². The summed E-state index contributed by atoms with van der Waals surface area (Å²) in [5, 5.41) is 11.6. The number of benzene rings is 2. The Labute approximate surface area is 187 Å². The average Bonchev–Trinajstić information content (AvgIpc) is 3.30. The molecule has 0 radical (unpaired) electrons. The molecule has 9 nitrogen and oxygen atoms in total. The number of ether oxygens (including phenoxy) is 3. The topological polar surface area (TPSA) is 114 Å². The molecule has 1 aliphatic rings. The van der Waals surface area contributed by atoms with E-state index in [0.717, 1.165) is 28.6 Å². The number of carbonyl (C=O) groups is 1. The largest absolute Gasteiger partial charge is 0.486 e. The van der Waals surface area contributed by atoms with Gasteiger partial charge >= 0.3 is 0 Å². The van der Waals surface area contributed by atoms with E-state index in [4.69, 9.17) is 31.7 Å². The van der Waals surface area contributed by atoms with Gasteiger partial charge in [0.25, 0.3) is 0 Å². The lowest BCUT2D eigenvalue weighted by atomic mass is 10.1. The predicted molar refractivity (Wildman–Crippen MR) is 117 cm³/mol. The Morgan fingerprint density at radius 2 is 1.90 bits per heavy atom. The highest BCUT2D eigenvalue weighted by atomic mass is 35.5. The quantitative estimate of drug-likeness (QED) is 0.407. The molecule has 31 heavy (non-hydrogen) atoms. The molecular formula is C20H20ClN5O4S. The van der Waals surface area contributed by atoms with Crippen LogP contribution in [0.1, 0.15) is 17.0 Å². The van der Waals surface area contributed by atoms with Crippen molar-refractivity contribution in [2.45, 2.75) is 25.6 Å². The Balaban J connectivity index is 1.33. The summed E-state index contributed by atoms with van der Waals surface area (Å²) in [6.45, 7) is 4.29. The van der Waals surface area contributed by atoms with E-state index in [1.54, 1.807) is 12.1 Å². The number of aromatic nitrogens is 3. The molecule has 0 saturated carbocycles. The number of nitrogens with one attached hydrogen (secondary N) is 1. The van der Waals surface area contributed by atoms with Crippen LogP contribution in [-0.4, -0.2) is 33.3 Å². The van der Waals surface area contributed by atoms with Crippen LogP contribution in [0.15, 0.2) is 35.5 Å². The monoisotopic (exact) mass is 461 g/mol. The van der Waals surface area contributed by atoms with Gasteiger partial charge in [-0.05, 0) is 37.1 Å². The zero-order valence-corrected chi connectivity index (χ0v) is 18.4. The Morgan fingerprint density at radius 3 is 2.65 bits per heavy atom. The molecule has 162 valence electrons. The molecule has 0 fully saturated rings. The number of halogens is 1. The minimum atomic E-state index is -0.276. The number of amides is 1. The van der Waals surface area contributed by atoms with Gasteiger partial charge in [0, 0.05) is 12.1 Å². The standard InChI is InChI=1S/C20H20ClN5O4S/c1-11-3-12(2)5-13(4-11)28-8-18-24-25-20(26(18)22)31-9-19(27)23-15-7-17-16(6-14(15)21)29-10-30-17/h3-7H,8-10,22H2,1-2H3,(H,23,27). The van der Waals surface area contributed by atoms with E-state index in [0.29, 0.717) is 33.2 Å². The van der Waals surface area contributed by atoms with Crippen molar-refractivity contribution in [1.82, 2.24) is 14.9 Å². The third-order valence-corrected chi connectivity index (χ3v) is 5.62. The van der Waals surface area contributed by atoms with Gasteiger partial charge in [-0.3, -0.25) is 4.79 Å². The Kier molecular flexibility index (Phi) is 6.10. The van der Waals surface area contributed by atoms with Crippen molar-refractivity contribution in [2.75, 3.05) is 23.7 Å². The molecule has 0 bridgehead atoms. The number of nitrogens with two attached hydrogens (primary N) is 1. The molecule has 1 aromatic heterocycles. The molecule has 0 unspecified atom stereocenters. The van der Waals surface area contributed by atoms with E-state index in [1.165, 1.54) is 4.68 Å². The van der Waals surface area contributed by atoms with Crippen molar-refractivity contribution in [3.8, 4) is 17.2 Å². The summed E-state index contributed by atoms with van der Waals surface area (Å²) in [7, 11) is 0. The predicted octanol–water partition coefficient (Wildman–Crippen LogP) is 3.30. The number of fused-ring (bicyclic) bond motifs is 1. The number of rotatable bonds is 7. The van der Waals surface area contributed by atoms with Crippen LogP contribution in [0.2, 0.25) is 5.02 Å². The average molecular weight is 462 g/mol. The normalized spacial score (nSPS) is 12.1. The van der Waals surface area contributed by atoms with Crippen LogP contribution in [0.4, 0.5) is 5.69 Å². The van der Waals surface area contributed by atoms with Gasteiger partial charge in [0.15, 0.2) is 17.3 Å². The number of carbonyl (C=O) groups excluding carboxylic acids is 1. The van der Waals surface area contributed by atoms with Crippen LogP contribution >= 0.6 is 23.4 Å². The van der Waals surface area contributed by atoms with Crippen molar-refractivity contribution < 1.29 is 19.0 Å². The first-order valence-electron chi connectivity index (χ1n) is 9.31. The van der Waals surface area contributed by atoms with Gasteiger partial charge in [0.1, 0.15) is 12.4 Å². The minimum Gasteiger partial charge on any atom is -0.486 e. The third kappa shape index (κ3) is 4.97. The van der Waals surface area contributed by atoms with E-state index in [2.05, 4.69) is 21.6 Å². The molecule has 0 atom stereocenters. The number of nitrogen functional groups attached to an aromatic ring is 1. The van der Waals surface area contributed by atoms with Crippen LogP contribution in [-0.2, 0) is 11.4 Å². The molecular weight excluding hydrogens is 442 g/mol. The summed E-state index contributed by atoms with van der Waals surface area (Å²) < 4.78 is 17.6. The summed E-state index contributed by atoms with van der Waals surface area (Å²) in [5.74, 6) is 8.10. The van der Waals surface area contributed by atoms with Crippen LogP contribution in [0, 0.1) is 13.8 Å². The van der Waals surface area contributed by atoms with Gasteiger partial charge in [0.2, 0.25) is 17.9 Å². The number of anilines is 1. The lowest BCUT2D eigenvalue weighted by Gasteiger charge is -2.09. The fraction of sp³-hybridized carbons (Fsp3) is 0.250. The second-order valence-corrected chi connectivity index (χ2v) is 8.25. The first kappa shape index (κ1) is 21.1. The third-order valence-electron chi connectivity index (χ3n) is 4.37. The van der Waals surface area contributed by atoms with Crippen LogP contribution in [0.5, 0.6) is 17.2 Å². The molecule has 0 saturated heterocycles. The lowest BCUT2D eigenvalue weighted by molar-refractivity contribution is -0.113. The van der Waals surface area contributed by atoms with Gasteiger partial charge in [0.05, 0.1) is 16.5 Å². The molecule has 11 heteroatoms. The number of thioether (sulfide) groups is 1. The fourth-order valence-electron chi connectivity index (χ4n) is 3.00. The van der Waals surface area contributed by atoms with Gasteiger partial charge in [-0.15, -0.1) is 10.2 Å². The Morgan fingerprint density at radius 1 is 1.19 bits per heavy atom. The zero-order valence-electron chi connectivity index (χ0n) is 16.8. The van der Waals surface area contributed by atoms with E-state index in [9.17, 15) is 4.79 Å². The molecule has 2 heterocycles. The Bertz CT molecular complexity index is 1120. The molecule has 0 spiro atoms. The van der Waals surface area contributed by atoms with E-state index in [1.807, 2.05) is 26.0 Å². The van der Waals surface area contributed by atoms with Gasteiger partial charge in [-0.2, -0.15) is 0 Å². The summed E-state index contributed by atoms with van der Waals surface area (Å²) in [6, 6.07) is 9.16. The molecule has 2 aromatic carbocycles. The molecule has 3 aromatic rings. The summed E-state index contributed by atoms with van der Waals surface area (Å²) in [5.41, 5.74) is 2.65. The molecule has 1 amide bonds. The maximum atomic E-state index is 12.3. The summed E-state index contributed by atoms with van der Waals surface area (Å²) >= 11 is 7.34.